The number of anilines is 1. The normalized spacial score (nSPS) is 27.6. The van der Waals surface area contributed by atoms with E-state index in [-0.39, 0.29) is 5.82 Å². The summed E-state index contributed by atoms with van der Waals surface area (Å²) in [6, 6.07) is 5.45. The lowest BCUT2D eigenvalue weighted by molar-refractivity contribution is -0.114. The number of benzene rings is 1. The molecule has 2 atom stereocenters. The van der Waals surface area contributed by atoms with E-state index in [2.05, 4.69) is 34.8 Å². The van der Waals surface area contributed by atoms with Crippen LogP contribution in [-0.2, 0) is 4.74 Å². The molecule has 1 N–H and O–H groups in total. The van der Waals surface area contributed by atoms with Gasteiger partial charge in [-0.25, -0.2) is 4.39 Å². The molecule has 3 rings (SSSR count). The van der Waals surface area contributed by atoms with Gasteiger partial charge in [0.25, 0.3) is 0 Å². The lowest BCUT2D eigenvalue weighted by atomic mass is 9.60. The van der Waals surface area contributed by atoms with E-state index in [1.807, 2.05) is 6.07 Å². The predicted octanol–water partition coefficient (Wildman–Crippen LogP) is 4.58. The Balaban J connectivity index is 1.74. The van der Waals surface area contributed by atoms with Crippen LogP contribution >= 0.6 is 22.6 Å². The molecule has 1 aromatic carbocycles. The molecular formula is C16H21FINO. The number of nitrogens with one attached hydrogen (secondary N) is 1. The monoisotopic (exact) mass is 389 g/mol. The Labute approximate surface area is 133 Å². The van der Waals surface area contributed by atoms with Gasteiger partial charge in [0.2, 0.25) is 0 Å². The van der Waals surface area contributed by atoms with E-state index in [4.69, 9.17) is 4.74 Å². The summed E-state index contributed by atoms with van der Waals surface area (Å²) in [6.45, 7) is 2.87. The van der Waals surface area contributed by atoms with Crippen molar-refractivity contribution in [3.8, 4) is 0 Å². The molecule has 2 aliphatic rings. The van der Waals surface area contributed by atoms with Crippen molar-refractivity contribution in [2.24, 2.45) is 5.41 Å². The van der Waals surface area contributed by atoms with E-state index in [0.29, 0.717) is 17.6 Å². The van der Waals surface area contributed by atoms with Crippen LogP contribution in [0.5, 0.6) is 0 Å². The standard InChI is InChI=1S/C16H21FINO/c1-2-20-15-10-14(16(15)7-3-4-8-16)19-13-6-5-11(17)9-12(13)18/h5-6,9,14-15,19H,2-4,7-8,10H2,1H3. The van der Waals surface area contributed by atoms with Gasteiger partial charge in [-0.1, -0.05) is 12.8 Å². The van der Waals surface area contributed by atoms with Crippen LogP contribution in [0.15, 0.2) is 18.2 Å². The van der Waals surface area contributed by atoms with Gasteiger partial charge in [0.1, 0.15) is 5.82 Å². The summed E-state index contributed by atoms with van der Waals surface area (Å²) in [7, 11) is 0. The Morgan fingerprint density at radius 2 is 2.15 bits per heavy atom. The number of halogens is 2. The molecule has 1 aromatic rings. The fraction of sp³-hybridized carbons (Fsp3) is 0.625. The zero-order valence-corrected chi connectivity index (χ0v) is 14.0. The summed E-state index contributed by atoms with van der Waals surface area (Å²) in [5.74, 6) is -0.170. The fourth-order valence-electron chi connectivity index (χ4n) is 3.88. The highest BCUT2D eigenvalue weighted by Crippen LogP contribution is 2.55. The lowest BCUT2D eigenvalue weighted by Crippen LogP contribution is -2.60. The van der Waals surface area contributed by atoms with Crippen LogP contribution in [0.25, 0.3) is 0 Å². The van der Waals surface area contributed by atoms with Gasteiger partial charge in [0.05, 0.1) is 6.10 Å². The molecule has 2 nitrogen and oxygen atoms in total. The SMILES string of the molecule is CCOC1CC(Nc2ccc(F)cc2I)C12CCCC2. The average Bonchev–Trinajstić information content (AvgIpc) is 2.92. The molecule has 1 spiro atoms. The number of rotatable bonds is 4. The van der Waals surface area contributed by atoms with Gasteiger partial charge in [-0.3, -0.25) is 0 Å². The Morgan fingerprint density at radius 1 is 1.40 bits per heavy atom. The molecule has 0 amide bonds. The summed E-state index contributed by atoms with van der Waals surface area (Å²) in [4.78, 5) is 0. The highest BCUT2D eigenvalue weighted by atomic mass is 127. The summed E-state index contributed by atoms with van der Waals surface area (Å²) >= 11 is 2.20. The molecule has 0 heterocycles. The van der Waals surface area contributed by atoms with Gasteiger partial charge in [0, 0.05) is 27.3 Å². The molecule has 2 saturated carbocycles. The van der Waals surface area contributed by atoms with E-state index in [0.717, 1.165) is 22.3 Å². The van der Waals surface area contributed by atoms with Crippen LogP contribution in [0.2, 0.25) is 0 Å². The molecule has 0 aliphatic heterocycles. The van der Waals surface area contributed by atoms with Crippen LogP contribution in [0.1, 0.15) is 39.0 Å². The highest BCUT2D eigenvalue weighted by molar-refractivity contribution is 14.1. The maximum atomic E-state index is 13.2. The predicted molar refractivity (Wildman–Crippen MR) is 87.5 cm³/mol. The van der Waals surface area contributed by atoms with Crippen LogP contribution in [0.4, 0.5) is 10.1 Å². The third kappa shape index (κ3) is 2.45. The molecular weight excluding hydrogens is 368 g/mol. The van der Waals surface area contributed by atoms with Gasteiger partial charge >= 0.3 is 0 Å². The van der Waals surface area contributed by atoms with Crippen LogP contribution in [0.3, 0.4) is 0 Å². The quantitative estimate of drug-likeness (QED) is 0.762. The minimum atomic E-state index is -0.170. The molecule has 4 heteroatoms. The fourth-order valence-corrected chi connectivity index (χ4v) is 4.52. The minimum absolute atomic E-state index is 0.170. The Bertz CT molecular complexity index is 487. The van der Waals surface area contributed by atoms with Crippen LogP contribution < -0.4 is 5.32 Å². The second-order valence-electron chi connectivity index (χ2n) is 5.94. The van der Waals surface area contributed by atoms with Gasteiger partial charge in [0.15, 0.2) is 0 Å². The van der Waals surface area contributed by atoms with Crippen molar-refractivity contribution in [2.45, 2.75) is 51.2 Å². The third-order valence-electron chi connectivity index (χ3n) is 4.95. The highest BCUT2D eigenvalue weighted by Gasteiger charge is 2.56. The Kier molecular flexibility index (Phi) is 4.22. The van der Waals surface area contributed by atoms with Gasteiger partial charge in [-0.05, 0) is 67.0 Å². The molecule has 0 saturated heterocycles. The molecule has 0 bridgehead atoms. The number of hydrogen-bond acceptors (Lipinski definition) is 2. The molecule has 110 valence electrons. The summed E-state index contributed by atoms with van der Waals surface area (Å²) in [5, 5.41) is 3.64. The number of hydrogen-bond donors (Lipinski definition) is 1. The smallest absolute Gasteiger partial charge is 0.124 e. The van der Waals surface area contributed by atoms with Crippen molar-refractivity contribution in [3.05, 3.63) is 27.6 Å². The summed E-state index contributed by atoms with van der Waals surface area (Å²) in [5.41, 5.74) is 1.37. The van der Waals surface area contributed by atoms with E-state index in [1.165, 1.54) is 31.7 Å². The first-order valence-corrected chi connectivity index (χ1v) is 8.57. The third-order valence-corrected chi connectivity index (χ3v) is 5.84. The second-order valence-corrected chi connectivity index (χ2v) is 7.10. The van der Waals surface area contributed by atoms with Gasteiger partial charge < -0.3 is 10.1 Å². The summed E-state index contributed by atoms with van der Waals surface area (Å²) < 4.78 is 20.1. The first-order valence-electron chi connectivity index (χ1n) is 7.49. The molecule has 2 fully saturated rings. The maximum Gasteiger partial charge on any atom is 0.124 e. The molecule has 20 heavy (non-hydrogen) atoms. The van der Waals surface area contributed by atoms with Crippen molar-refractivity contribution in [1.82, 2.24) is 0 Å². The Morgan fingerprint density at radius 3 is 2.80 bits per heavy atom. The first kappa shape index (κ1) is 14.6. The van der Waals surface area contributed by atoms with Crippen molar-refractivity contribution < 1.29 is 9.13 Å². The second kappa shape index (κ2) is 5.79. The summed E-state index contributed by atoms with van der Waals surface area (Å²) in [6.07, 6.45) is 6.61. The molecule has 2 unspecified atom stereocenters. The van der Waals surface area contributed by atoms with E-state index < -0.39 is 0 Å². The average molecular weight is 389 g/mol. The zero-order valence-electron chi connectivity index (χ0n) is 11.8. The minimum Gasteiger partial charge on any atom is -0.381 e. The maximum absolute atomic E-state index is 13.2. The molecule has 0 radical (unpaired) electrons. The van der Waals surface area contributed by atoms with E-state index >= 15 is 0 Å². The number of ether oxygens (including phenoxy) is 1. The van der Waals surface area contributed by atoms with Crippen molar-refractivity contribution in [2.75, 3.05) is 11.9 Å². The molecule has 0 aromatic heterocycles. The van der Waals surface area contributed by atoms with Crippen molar-refractivity contribution >= 4 is 28.3 Å². The topological polar surface area (TPSA) is 21.3 Å². The zero-order chi connectivity index (χ0) is 14.2. The Hall–Kier alpha value is -0.360. The van der Waals surface area contributed by atoms with Gasteiger partial charge in [-0.2, -0.15) is 0 Å². The first-order chi connectivity index (χ1) is 9.65. The van der Waals surface area contributed by atoms with Crippen LogP contribution in [0, 0.1) is 14.8 Å². The van der Waals surface area contributed by atoms with E-state index in [9.17, 15) is 4.39 Å². The van der Waals surface area contributed by atoms with Crippen molar-refractivity contribution in [1.29, 1.82) is 0 Å². The van der Waals surface area contributed by atoms with Gasteiger partial charge in [-0.15, -0.1) is 0 Å². The largest absolute Gasteiger partial charge is 0.381 e. The van der Waals surface area contributed by atoms with E-state index in [1.54, 1.807) is 6.07 Å². The van der Waals surface area contributed by atoms with Crippen molar-refractivity contribution in [3.63, 3.8) is 0 Å². The lowest BCUT2D eigenvalue weighted by Gasteiger charge is -2.54. The molecule has 2 aliphatic carbocycles. The van der Waals surface area contributed by atoms with Crippen LogP contribution in [-0.4, -0.2) is 18.8 Å².